The van der Waals surface area contributed by atoms with Crippen LogP contribution in [0.4, 0.5) is 15.8 Å². The van der Waals surface area contributed by atoms with Crippen molar-refractivity contribution in [2.45, 2.75) is 31.9 Å². The van der Waals surface area contributed by atoms with Crippen LogP contribution in [-0.2, 0) is 4.79 Å². The second-order valence-corrected chi connectivity index (χ2v) is 5.19. The minimum Gasteiger partial charge on any atom is -0.396 e. The van der Waals surface area contributed by atoms with E-state index in [2.05, 4.69) is 5.32 Å². The number of piperidine rings is 1. The molecular weight excluding hydrogens is 261 g/mol. The van der Waals surface area contributed by atoms with Crippen LogP contribution < -0.4 is 11.1 Å². The van der Waals surface area contributed by atoms with Crippen molar-refractivity contribution in [2.24, 2.45) is 0 Å². The Morgan fingerprint density at radius 2 is 2.35 bits per heavy atom. The number of hydrogen-bond acceptors (Lipinski definition) is 4. The number of benzene rings is 1. The average Bonchev–Trinajstić information content (AvgIpc) is 2.42. The number of carbonyl (C=O) groups excluding carboxylic acids is 1. The smallest absolute Gasteiger partial charge is 0.241 e. The second kappa shape index (κ2) is 6.19. The predicted molar refractivity (Wildman–Crippen MR) is 75.7 cm³/mol. The fraction of sp³-hybridized carbons (Fsp3) is 0.500. The first kappa shape index (κ1) is 14.7. The van der Waals surface area contributed by atoms with Gasteiger partial charge in [-0.1, -0.05) is 0 Å². The summed E-state index contributed by atoms with van der Waals surface area (Å²) >= 11 is 0. The summed E-state index contributed by atoms with van der Waals surface area (Å²) in [6.07, 6.45) is 1.28. The van der Waals surface area contributed by atoms with Gasteiger partial charge in [-0.25, -0.2) is 4.39 Å². The van der Waals surface area contributed by atoms with Crippen LogP contribution in [0, 0.1) is 5.82 Å². The number of amides is 1. The maximum absolute atomic E-state index is 13.1. The Morgan fingerprint density at radius 1 is 1.60 bits per heavy atom. The summed E-state index contributed by atoms with van der Waals surface area (Å²) < 4.78 is 13.1. The number of nitrogens with zero attached hydrogens (tertiary/aromatic N) is 1. The SMILES string of the molecule is CC(C(=O)Nc1ccc(F)c(N)c1)N1CCCC(O)C1. The zero-order valence-corrected chi connectivity index (χ0v) is 11.5. The number of nitrogens with two attached hydrogens (primary N) is 1. The lowest BCUT2D eigenvalue weighted by atomic mass is 10.1. The predicted octanol–water partition coefficient (Wildman–Crippen LogP) is 1.19. The number of aliphatic hydroxyl groups excluding tert-OH is 1. The van der Waals surface area contributed by atoms with E-state index in [1.807, 2.05) is 4.90 Å². The van der Waals surface area contributed by atoms with Crippen LogP contribution in [0.1, 0.15) is 19.8 Å². The summed E-state index contributed by atoms with van der Waals surface area (Å²) in [7, 11) is 0. The molecule has 6 heteroatoms. The maximum Gasteiger partial charge on any atom is 0.241 e. The zero-order chi connectivity index (χ0) is 14.7. The van der Waals surface area contributed by atoms with Crippen molar-refractivity contribution in [2.75, 3.05) is 24.1 Å². The van der Waals surface area contributed by atoms with E-state index in [1.54, 1.807) is 6.92 Å². The molecule has 1 aliphatic heterocycles. The molecule has 0 aromatic heterocycles. The van der Waals surface area contributed by atoms with Crippen LogP contribution in [0.3, 0.4) is 0 Å². The van der Waals surface area contributed by atoms with Gasteiger partial charge in [-0.05, 0) is 44.5 Å². The first-order valence-corrected chi connectivity index (χ1v) is 6.75. The van der Waals surface area contributed by atoms with Crippen molar-refractivity contribution in [3.63, 3.8) is 0 Å². The molecule has 1 aromatic rings. The molecule has 0 radical (unpaired) electrons. The number of halogens is 1. The molecule has 2 rings (SSSR count). The molecule has 2 atom stereocenters. The molecule has 2 unspecified atom stereocenters. The van der Waals surface area contributed by atoms with Gasteiger partial charge < -0.3 is 16.2 Å². The Bertz CT molecular complexity index is 495. The number of nitrogens with one attached hydrogen (secondary N) is 1. The third-order valence-corrected chi connectivity index (χ3v) is 3.62. The van der Waals surface area contributed by atoms with Gasteiger partial charge in [0.2, 0.25) is 5.91 Å². The lowest BCUT2D eigenvalue weighted by Crippen LogP contribution is -2.48. The van der Waals surface area contributed by atoms with E-state index >= 15 is 0 Å². The Hall–Kier alpha value is -1.66. The monoisotopic (exact) mass is 281 g/mol. The number of nitrogen functional groups attached to an aromatic ring is 1. The van der Waals surface area contributed by atoms with E-state index in [9.17, 15) is 14.3 Å². The van der Waals surface area contributed by atoms with Crippen molar-refractivity contribution >= 4 is 17.3 Å². The van der Waals surface area contributed by atoms with Gasteiger partial charge >= 0.3 is 0 Å². The third-order valence-electron chi connectivity index (χ3n) is 3.62. The second-order valence-electron chi connectivity index (χ2n) is 5.19. The van der Waals surface area contributed by atoms with Gasteiger partial charge in [-0.3, -0.25) is 9.69 Å². The third kappa shape index (κ3) is 3.46. The minimum absolute atomic E-state index is 0.00356. The summed E-state index contributed by atoms with van der Waals surface area (Å²) in [5.74, 6) is -0.694. The summed E-state index contributed by atoms with van der Waals surface area (Å²) in [6, 6.07) is 3.74. The number of β-amino-alcohol motifs (C(OH)–C–C–N with tert-alkyl or cyclic N) is 1. The van der Waals surface area contributed by atoms with E-state index < -0.39 is 5.82 Å². The molecule has 0 spiro atoms. The van der Waals surface area contributed by atoms with Crippen LogP contribution >= 0.6 is 0 Å². The molecule has 1 heterocycles. The van der Waals surface area contributed by atoms with Crippen molar-refractivity contribution < 1.29 is 14.3 Å². The fourth-order valence-electron chi connectivity index (χ4n) is 2.37. The normalized spacial score (nSPS) is 21.4. The Kier molecular flexibility index (Phi) is 4.57. The molecular formula is C14H20FN3O2. The molecule has 1 amide bonds. The van der Waals surface area contributed by atoms with E-state index in [1.165, 1.54) is 18.2 Å². The van der Waals surface area contributed by atoms with Crippen molar-refractivity contribution in [3.05, 3.63) is 24.0 Å². The van der Waals surface area contributed by atoms with Crippen LogP contribution in [-0.4, -0.2) is 41.1 Å². The molecule has 20 heavy (non-hydrogen) atoms. The first-order valence-electron chi connectivity index (χ1n) is 6.75. The highest BCUT2D eigenvalue weighted by atomic mass is 19.1. The molecule has 0 saturated carbocycles. The van der Waals surface area contributed by atoms with Gasteiger partial charge in [0, 0.05) is 12.2 Å². The number of anilines is 2. The average molecular weight is 281 g/mol. The van der Waals surface area contributed by atoms with Crippen molar-refractivity contribution in [3.8, 4) is 0 Å². The topological polar surface area (TPSA) is 78.6 Å². The van der Waals surface area contributed by atoms with E-state index in [4.69, 9.17) is 5.73 Å². The highest BCUT2D eigenvalue weighted by molar-refractivity contribution is 5.94. The molecule has 0 bridgehead atoms. The molecule has 5 nitrogen and oxygen atoms in total. The Morgan fingerprint density at radius 3 is 3.00 bits per heavy atom. The summed E-state index contributed by atoms with van der Waals surface area (Å²) in [5.41, 5.74) is 5.94. The molecule has 1 aromatic carbocycles. The highest BCUT2D eigenvalue weighted by Gasteiger charge is 2.26. The number of carbonyl (C=O) groups is 1. The van der Waals surface area contributed by atoms with E-state index in [0.29, 0.717) is 12.2 Å². The van der Waals surface area contributed by atoms with Gasteiger partial charge in [0.1, 0.15) is 5.82 Å². The molecule has 4 N–H and O–H groups in total. The number of likely N-dealkylation sites (tertiary alicyclic amines) is 1. The van der Waals surface area contributed by atoms with Gasteiger partial charge in [-0.15, -0.1) is 0 Å². The van der Waals surface area contributed by atoms with Crippen LogP contribution in [0.5, 0.6) is 0 Å². The fourth-order valence-corrected chi connectivity index (χ4v) is 2.37. The zero-order valence-electron chi connectivity index (χ0n) is 11.5. The summed E-state index contributed by atoms with van der Waals surface area (Å²) in [4.78, 5) is 14.1. The van der Waals surface area contributed by atoms with Gasteiger partial charge in [-0.2, -0.15) is 0 Å². The minimum atomic E-state index is -0.504. The van der Waals surface area contributed by atoms with Gasteiger partial charge in [0.05, 0.1) is 17.8 Å². The van der Waals surface area contributed by atoms with Gasteiger partial charge in [0.25, 0.3) is 0 Å². The first-order chi connectivity index (χ1) is 9.47. The number of hydrogen-bond donors (Lipinski definition) is 3. The Balaban J connectivity index is 1.98. The Labute approximate surface area is 117 Å². The summed E-state index contributed by atoms with van der Waals surface area (Å²) in [6.45, 7) is 3.08. The molecule has 1 aliphatic rings. The number of aliphatic hydroxyl groups is 1. The molecule has 1 fully saturated rings. The molecule has 110 valence electrons. The lowest BCUT2D eigenvalue weighted by Gasteiger charge is -2.33. The van der Waals surface area contributed by atoms with E-state index in [0.717, 1.165) is 19.4 Å². The largest absolute Gasteiger partial charge is 0.396 e. The van der Waals surface area contributed by atoms with Gasteiger partial charge in [0.15, 0.2) is 0 Å². The van der Waals surface area contributed by atoms with Crippen molar-refractivity contribution in [1.82, 2.24) is 4.90 Å². The van der Waals surface area contributed by atoms with E-state index in [-0.39, 0.29) is 23.7 Å². The quantitative estimate of drug-likeness (QED) is 0.727. The van der Waals surface area contributed by atoms with Crippen molar-refractivity contribution in [1.29, 1.82) is 0 Å². The van der Waals surface area contributed by atoms with Crippen LogP contribution in [0.25, 0.3) is 0 Å². The standard InChI is InChI=1S/C14H20FN3O2/c1-9(18-6-2-3-11(19)8-18)14(20)17-10-4-5-12(15)13(16)7-10/h4-5,7,9,11,19H,2-3,6,8,16H2,1H3,(H,17,20). The number of rotatable bonds is 3. The maximum atomic E-state index is 13.1. The molecule has 0 aliphatic carbocycles. The van der Waals surface area contributed by atoms with Crippen LogP contribution in [0.2, 0.25) is 0 Å². The van der Waals surface area contributed by atoms with Crippen LogP contribution in [0.15, 0.2) is 18.2 Å². The molecule has 1 saturated heterocycles. The summed E-state index contributed by atoms with van der Waals surface area (Å²) in [5, 5.41) is 12.3. The lowest BCUT2D eigenvalue weighted by molar-refractivity contribution is -0.121. The highest BCUT2D eigenvalue weighted by Crippen LogP contribution is 2.18.